The van der Waals surface area contributed by atoms with Gasteiger partial charge in [0.15, 0.2) is 0 Å². The molecule has 0 amide bonds. The van der Waals surface area contributed by atoms with E-state index in [0.29, 0.717) is 10.8 Å². The van der Waals surface area contributed by atoms with Gasteiger partial charge in [0.05, 0.1) is 0 Å². The SMILES string of the molecule is CC(C)CCOCCC1(CN)CCC(C(C)(C)C)CC1. The Balaban J connectivity index is 2.31. The highest BCUT2D eigenvalue weighted by Crippen LogP contribution is 2.46. The molecule has 2 heteroatoms. The summed E-state index contributed by atoms with van der Waals surface area (Å²) in [6.07, 6.45) is 7.58. The van der Waals surface area contributed by atoms with Crippen LogP contribution in [0.3, 0.4) is 0 Å². The lowest BCUT2D eigenvalue weighted by Gasteiger charge is -2.43. The largest absolute Gasteiger partial charge is 0.381 e. The molecule has 1 aliphatic carbocycles. The Morgan fingerprint density at radius 1 is 1.15 bits per heavy atom. The van der Waals surface area contributed by atoms with E-state index in [0.717, 1.165) is 38.0 Å². The fourth-order valence-electron chi connectivity index (χ4n) is 3.36. The molecule has 120 valence electrons. The Morgan fingerprint density at radius 2 is 1.75 bits per heavy atom. The molecule has 20 heavy (non-hydrogen) atoms. The lowest BCUT2D eigenvalue weighted by Crippen LogP contribution is -2.38. The third kappa shape index (κ3) is 5.73. The monoisotopic (exact) mass is 283 g/mol. The molecule has 0 aromatic carbocycles. The first-order valence-electron chi connectivity index (χ1n) is 8.57. The van der Waals surface area contributed by atoms with Crippen molar-refractivity contribution in [2.45, 2.75) is 73.1 Å². The van der Waals surface area contributed by atoms with Crippen LogP contribution >= 0.6 is 0 Å². The molecule has 0 unspecified atom stereocenters. The molecule has 0 heterocycles. The minimum absolute atomic E-state index is 0.361. The Hall–Kier alpha value is -0.0800. The second-order valence-electron chi connectivity index (χ2n) is 8.39. The number of nitrogens with two attached hydrogens (primary N) is 1. The van der Waals surface area contributed by atoms with Gasteiger partial charge in [-0.1, -0.05) is 34.6 Å². The van der Waals surface area contributed by atoms with Gasteiger partial charge < -0.3 is 10.5 Å². The van der Waals surface area contributed by atoms with Gasteiger partial charge in [0.1, 0.15) is 0 Å². The normalized spacial score (nSPS) is 28.1. The van der Waals surface area contributed by atoms with Crippen LogP contribution in [0.5, 0.6) is 0 Å². The minimum Gasteiger partial charge on any atom is -0.381 e. The topological polar surface area (TPSA) is 35.2 Å². The van der Waals surface area contributed by atoms with Crippen molar-refractivity contribution in [1.29, 1.82) is 0 Å². The summed E-state index contributed by atoms with van der Waals surface area (Å²) in [6, 6.07) is 0. The van der Waals surface area contributed by atoms with Crippen molar-refractivity contribution in [1.82, 2.24) is 0 Å². The van der Waals surface area contributed by atoms with E-state index in [4.69, 9.17) is 10.5 Å². The molecular formula is C18H37NO. The van der Waals surface area contributed by atoms with Gasteiger partial charge in [0, 0.05) is 13.2 Å². The van der Waals surface area contributed by atoms with Gasteiger partial charge in [-0.15, -0.1) is 0 Å². The average molecular weight is 284 g/mol. The summed E-state index contributed by atoms with van der Waals surface area (Å²) >= 11 is 0. The van der Waals surface area contributed by atoms with E-state index in [1.807, 2.05) is 0 Å². The summed E-state index contributed by atoms with van der Waals surface area (Å²) in [5.41, 5.74) is 6.91. The third-order valence-electron chi connectivity index (χ3n) is 5.32. The van der Waals surface area contributed by atoms with E-state index < -0.39 is 0 Å². The van der Waals surface area contributed by atoms with E-state index in [1.54, 1.807) is 0 Å². The number of rotatable bonds is 7. The summed E-state index contributed by atoms with van der Waals surface area (Å²) in [4.78, 5) is 0. The second-order valence-corrected chi connectivity index (χ2v) is 8.39. The second kappa shape index (κ2) is 7.79. The van der Waals surface area contributed by atoms with Crippen molar-refractivity contribution < 1.29 is 4.74 Å². The van der Waals surface area contributed by atoms with Crippen molar-refractivity contribution in [3.63, 3.8) is 0 Å². The lowest BCUT2D eigenvalue weighted by molar-refractivity contribution is 0.0447. The zero-order chi connectivity index (χ0) is 15.2. The highest BCUT2D eigenvalue weighted by atomic mass is 16.5. The lowest BCUT2D eigenvalue weighted by atomic mass is 9.63. The molecule has 1 rings (SSSR count). The summed E-state index contributed by atoms with van der Waals surface area (Å²) < 4.78 is 5.81. The van der Waals surface area contributed by atoms with Gasteiger partial charge in [-0.05, 0) is 67.7 Å². The van der Waals surface area contributed by atoms with Crippen LogP contribution in [0.25, 0.3) is 0 Å². The van der Waals surface area contributed by atoms with Crippen LogP contribution in [-0.2, 0) is 4.74 Å². The molecule has 0 radical (unpaired) electrons. The van der Waals surface area contributed by atoms with Crippen LogP contribution < -0.4 is 5.73 Å². The number of hydrogen-bond donors (Lipinski definition) is 1. The van der Waals surface area contributed by atoms with Crippen LogP contribution in [0.4, 0.5) is 0 Å². The number of ether oxygens (including phenoxy) is 1. The highest BCUT2D eigenvalue weighted by Gasteiger charge is 2.37. The van der Waals surface area contributed by atoms with Crippen LogP contribution in [-0.4, -0.2) is 19.8 Å². The smallest absolute Gasteiger partial charge is 0.0471 e. The summed E-state index contributed by atoms with van der Waals surface area (Å²) in [5.74, 6) is 1.60. The van der Waals surface area contributed by atoms with Crippen LogP contribution in [0, 0.1) is 22.7 Å². The molecule has 0 aromatic rings. The van der Waals surface area contributed by atoms with Gasteiger partial charge in [0.2, 0.25) is 0 Å². The first-order valence-corrected chi connectivity index (χ1v) is 8.57. The first-order chi connectivity index (χ1) is 9.29. The van der Waals surface area contributed by atoms with E-state index >= 15 is 0 Å². The molecule has 0 atom stereocenters. The fraction of sp³-hybridized carbons (Fsp3) is 1.00. The fourth-order valence-corrected chi connectivity index (χ4v) is 3.36. The maximum atomic E-state index is 6.10. The molecule has 1 saturated carbocycles. The van der Waals surface area contributed by atoms with Gasteiger partial charge in [-0.2, -0.15) is 0 Å². The van der Waals surface area contributed by atoms with Crippen molar-refractivity contribution in [3.8, 4) is 0 Å². The molecule has 1 fully saturated rings. The summed E-state index contributed by atoms with van der Waals surface area (Å²) in [5, 5.41) is 0. The average Bonchev–Trinajstić information content (AvgIpc) is 2.37. The Kier molecular flexibility index (Phi) is 7.00. The van der Waals surface area contributed by atoms with Gasteiger partial charge in [-0.25, -0.2) is 0 Å². The van der Waals surface area contributed by atoms with E-state index in [-0.39, 0.29) is 0 Å². The van der Waals surface area contributed by atoms with Gasteiger partial charge in [0.25, 0.3) is 0 Å². The number of hydrogen-bond acceptors (Lipinski definition) is 2. The zero-order valence-electron chi connectivity index (χ0n) is 14.5. The Labute approximate surface area is 126 Å². The molecular weight excluding hydrogens is 246 g/mol. The van der Waals surface area contributed by atoms with Crippen LogP contribution in [0.1, 0.15) is 73.1 Å². The van der Waals surface area contributed by atoms with Crippen molar-refractivity contribution in [2.75, 3.05) is 19.8 Å². The van der Waals surface area contributed by atoms with E-state index in [2.05, 4.69) is 34.6 Å². The maximum absolute atomic E-state index is 6.10. The predicted molar refractivity (Wildman–Crippen MR) is 87.8 cm³/mol. The molecule has 2 nitrogen and oxygen atoms in total. The minimum atomic E-state index is 0.361. The summed E-state index contributed by atoms with van der Waals surface area (Å²) in [7, 11) is 0. The molecule has 2 N–H and O–H groups in total. The highest BCUT2D eigenvalue weighted by molar-refractivity contribution is 4.89. The quantitative estimate of drug-likeness (QED) is 0.692. The first kappa shape index (κ1) is 18.0. The molecule has 0 spiro atoms. The van der Waals surface area contributed by atoms with Crippen molar-refractivity contribution >= 4 is 0 Å². The Bertz CT molecular complexity index is 259. The molecule has 0 aliphatic heterocycles. The van der Waals surface area contributed by atoms with E-state index in [9.17, 15) is 0 Å². The molecule has 1 aliphatic rings. The van der Waals surface area contributed by atoms with Crippen molar-refractivity contribution in [2.24, 2.45) is 28.4 Å². The molecule has 0 saturated heterocycles. The third-order valence-corrected chi connectivity index (χ3v) is 5.32. The molecule has 0 aromatic heterocycles. The van der Waals surface area contributed by atoms with Crippen LogP contribution in [0.15, 0.2) is 0 Å². The van der Waals surface area contributed by atoms with Gasteiger partial charge >= 0.3 is 0 Å². The van der Waals surface area contributed by atoms with Gasteiger partial charge in [-0.3, -0.25) is 0 Å². The predicted octanol–water partition coefficient (Wildman–Crippen LogP) is 4.62. The Morgan fingerprint density at radius 3 is 2.20 bits per heavy atom. The van der Waals surface area contributed by atoms with E-state index in [1.165, 1.54) is 32.1 Å². The summed E-state index contributed by atoms with van der Waals surface area (Å²) in [6.45, 7) is 14.3. The molecule has 0 bridgehead atoms. The van der Waals surface area contributed by atoms with Crippen LogP contribution in [0.2, 0.25) is 0 Å². The standard InChI is InChI=1S/C18H37NO/c1-15(2)8-12-20-13-11-18(14-19)9-6-16(7-10-18)17(3,4)5/h15-16H,6-14,19H2,1-5H3. The van der Waals surface area contributed by atoms with Crippen molar-refractivity contribution in [3.05, 3.63) is 0 Å². The zero-order valence-corrected chi connectivity index (χ0v) is 14.5. The maximum Gasteiger partial charge on any atom is 0.0471 e.